The molecular formula is C26H32ClN5O2. The first kappa shape index (κ1) is 24.2. The molecule has 0 unspecified atom stereocenters. The summed E-state index contributed by atoms with van der Waals surface area (Å²) in [5.74, 6) is 0.199. The number of halogens is 1. The number of fused-ring (bicyclic) bond motifs is 1. The van der Waals surface area contributed by atoms with Crippen molar-refractivity contribution in [2.75, 3.05) is 37.6 Å². The number of nitrogens with one attached hydrogen (secondary N) is 1. The Bertz CT molecular complexity index is 1240. The van der Waals surface area contributed by atoms with E-state index < -0.39 is 0 Å². The van der Waals surface area contributed by atoms with Crippen LogP contribution in [-0.2, 0) is 11.3 Å². The first-order valence-electron chi connectivity index (χ1n) is 11.9. The maximum atomic E-state index is 13.7. The van der Waals surface area contributed by atoms with Crippen molar-refractivity contribution in [2.45, 2.75) is 39.8 Å². The summed E-state index contributed by atoms with van der Waals surface area (Å²) < 4.78 is 1.46. The molecule has 180 valence electrons. The Hall–Kier alpha value is -2.90. The second kappa shape index (κ2) is 10.6. The Labute approximate surface area is 205 Å². The topological polar surface area (TPSA) is 70.5 Å². The number of carbonyl (C=O) groups excluding carboxylic acids is 1. The monoisotopic (exact) mass is 481 g/mol. The summed E-state index contributed by atoms with van der Waals surface area (Å²) in [5, 5.41) is 3.93. The van der Waals surface area contributed by atoms with E-state index in [2.05, 4.69) is 22.0 Å². The van der Waals surface area contributed by atoms with Crippen LogP contribution in [0.1, 0.15) is 27.2 Å². The predicted molar refractivity (Wildman–Crippen MR) is 139 cm³/mol. The average molecular weight is 482 g/mol. The van der Waals surface area contributed by atoms with E-state index in [-0.39, 0.29) is 24.1 Å². The van der Waals surface area contributed by atoms with E-state index in [1.807, 2.05) is 44.2 Å². The number of nitrogens with zero attached hydrogens (tertiary/aromatic N) is 4. The molecule has 0 bridgehead atoms. The summed E-state index contributed by atoms with van der Waals surface area (Å²) in [7, 11) is 0. The third-order valence-electron chi connectivity index (χ3n) is 6.17. The lowest BCUT2D eigenvalue weighted by Crippen LogP contribution is -2.37. The van der Waals surface area contributed by atoms with E-state index in [9.17, 15) is 9.59 Å². The van der Waals surface area contributed by atoms with Crippen LogP contribution in [0.25, 0.3) is 22.3 Å². The molecule has 2 aromatic carbocycles. The third kappa shape index (κ3) is 5.42. The number of anilines is 1. The van der Waals surface area contributed by atoms with Crippen LogP contribution >= 0.6 is 11.6 Å². The number of amides is 1. The molecule has 3 aromatic rings. The number of benzene rings is 2. The molecule has 1 aliphatic heterocycles. The molecule has 1 N–H and O–H groups in total. The first-order valence-corrected chi connectivity index (χ1v) is 12.3. The summed E-state index contributed by atoms with van der Waals surface area (Å²) in [6, 6.07) is 13.0. The predicted octanol–water partition coefficient (Wildman–Crippen LogP) is 3.77. The van der Waals surface area contributed by atoms with Crippen molar-refractivity contribution in [3.05, 3.63) is 57.8 Å². The highest BCUT2D eigenvalue weighted by Gasteiger charge is 2.19. The summed E-state index contributed by atoms with van der Waals surface area (Å²) >= 11 is 6.22. The Morgan fingerprint density at radius 3 is 2.68 bits per heavy atom. The standard InChI is InChI=1S/C26H32ClN5O2/c1-4-30-11-6-12-31(14-13-30)21-9-10-23-22(16-21)26(34)32(17-24(33)28-18(2)3)25(29-23)19-7-5-8-20(27)15-19/h5,7-10,15-16,18H,4,6,11-14,17H2,1-3H3,(H,28,33). The van der Waals surface area contributed by atoms with Crippen LogP contribution in [0.2, 0.25) is 5.02 Å². The Morgan fingerprint density at radius 2 is 1.94 bits per heavy atom. The van der Waals surface area contributed by atoms with Gasteiger partial charge in [0.1, 0.15) is 12.4 Å². The normalized spacial score (nSPS) is 15.0. The summed E-state index contributed by atoms with van der Waals surface area (Å²) in [4.78, 5) is 35.9. The van der Waals surface area contributed by atoms with Crippen molar-refractivity contribution < 1.29 is 4.79 Å². The van der Waals surface area contributed by atoms with Crippen LogP contribution in [0.5, 0.6) is 0 Å². The molecule has 0 aliphatic carbocycles. The number of carbonyl (C=O) groups is 1. The van der Waals surface area contributed by atoms with Gasteiger partial charge in [-0.3, -0.25) is 14.2 Å². The molecule has 1 fully saturated rings. The molecule has 7 nitrogen and oxygen atoms in total. The van der Waals surface area contributed by atoms with Crippen molar-refractivity contribution >= 4 is 34.1 Å². The van der Waals surface area contributed by atoms with Gasteiger partial charge in [0, 0.05) is 41.9 Å². The lowest BCUT2D eigenvalue weighted by Gasteiger charge is -2.24. The van der Waals surface area contributed by atoms with Crippen LogP contribution in [0.3, 0.4) is 0 Å². The van der Waals surface area contributed by atoms with Crippen molar-refractivity contribution in [3.8, 4) is 11.4 Å². The average Bonchev–Trinajstić information content (AvgIpc) is 3.06. The minimum absolute atomic E-state index is 0.0245. The minimum atomic E-state index is -0.232. The molecule has 1 saturated heterocycles. The smallest absolute Gasteiger partial charge is 0.262 e. The van der Waals surface area contributed by atoms with Gasteiger partial charge in [-0.25, -0.2) is 4.98 Å². The van der Waals surface area contributed by atoms with Gasteiger partial charge in [0.15, 0.2) is 0 Å². The van der Waals surface area contributed by atoms with Crippen LogP contribution in [0.15, 0.2) is 47.3 Å². The van der Waals surface area contributed by atoms with Gasteiger partial charge in [-0.2, -0.15) is 0 Å². The van der Waals surface area contributed by atoms with Crippen LogP contribution < -0.4 is 15.8 Å². The fourth-order valence-electron chi connectivity index (χ4n) is 4.46. The van der Waals surface area contributed by atoms with Gasteiger partial charge in [-0.1, -0.05) is 30.7 Å². The highest BCUT2D eigenvalue weighted by molar-refractivity contribution is 6.30. The van der Waals surface area contributed by atoms with Gasteiger partial charge < -0.3 is 15.1 Å². The van der Waals surface area contributed by atoms with E-state index in [4.69, 9.17) is 16.6 Å². The molecule has 1 aromatic heterocycles. The zero-order chi connectivity index (χ0) is 24.2. The van der Waals surface area contributed by atoms with Gasteiger partial charge >= 0.3 is 0 Å². The fraction of sp³-hybridized carbons (Fsp3) is 0.423. The molecule has 1 amide bonds. The van der Waals surface area contributed by atoms with Crippen molar-refractivity contribution in [1.82, 2.24) is 19.8 Å². The highest BCUT2D eigenvalue weighted by atomic mass is 35.5. The Kier molecular flexibility index (Phi) is 7.54. The number of hydrogen-bond donors (Lipinski definition) is 1. The van der Waals surface area contributed by atoms with Crippen molar-refractivity contribution in [1.29, 1.82) is 0 Å². The van der Waals surface area contributed by atoms with Crippen LogP contribution in [-0.4, -0.2) is 59.1 Å². The van der Waals surface area contributed by atoms with Gasteiger partial charge in [0.05, 0.1) is 10.9 Å². The second-order valence-corrected chi connectivity index (χ2v) is 9.47. The lowest BCUT2D eigenvalue weighted by molar-refractivity contribution is -0.122. The number of hydrogen-bond acceptors (Lipinski definition) is 5. The SMILES string of the molecule is CCN1CCCN(c2ccc3nc(-c4cccc(Cl)c4)n(CC(=O)NC(C)C)c(=O)c3c2)CC1. The Morgan fingerprint density at radius 1 is 1.12 bits per heavy atom. The molecule has 34 heavy (non-hydrogen) atoms. The van der Waals surface area contributed by atoms with E-state index >= 15 is 0 Å². The second-order valence-electron chi connectivity index (χ2n) is 9.04. The van der Waals surface area contributed by atoms with Gasteiger partial charge in [-0.05, 0) is 63.7 Å². The minimum Gasteiger partial charge on any atom is -0.370 e. The van der Waals surface area contributed by atoms with E-state index in [1.54, 1.807) is 12.1 Å². The van der Waals surface area contributed by atoms with E-state index in [0.29, 0.717) is 27.3 Å². The van der Waals surface area contributed by atoms with Crippen LogP contribution in [0, 0.1) is 0 Å². The summed E-state index contributed by atoms with van der Waals surface area (Å²) in [6.45, 7) is 10.9. The molecule has 8 heteroatoms. The molecule has 0 atom stereocenters. The molecule has 1 aliphatic rings. The molecule has 0 saturated carbocycles. The Balaban J connectivity index is 1.79. The third-order valence-corrected chi connectivity index (χ3v) is 6.41. The van der Waals surface area contributed by atoms with Gasteiger partial charge in [0.25, 0.3) is 5.56 Å². The fourth-order valence-corrected chi connectivity index (χ4v) is 4.65. The molecule has 2 heterocycles. The highest BCUT2D eigenvalue weighted by Crippen LogP contribution is 2.25. The molecule has 0 spiro atoms. The maximum Gasteiger partial charge on any atom is 0.262 e. The lowest BCUT2D eigenvalue weighted by atomic mass is 10.1. The number of likely N-dealkylation sites (N-methyl/N-ethyl adjacent to an activating group) is 1. The quantitative estimate of drug-likeness (QED) is 0.580. The van der Waals surface area contributed by atoms with Crippen molar-refractivity contribution in [3.63, 3.8) is 0 Å². The van der Waals surface area contributed by atoms with Crippen molar-refractivity contribution in [2.24, 2.45) is 0 Å². The summed E-state index contributed by atoms with van der Waals surface area (Å²) in [5.41, 5.74) is 2.08. The number of rotatable bonds is 6. The molecular weight excluding hydrogens is 450 g/mol. The van der Waals surface area contributed by atoms with E-state index in [0.717, 1.165) is 44.8 Å². The zero-order valence-electron chi connectivity index (χ0n) is 20.1. The molecule has 0 radical (unpaired) electrons. The molecule has 4 rings (SSSR count). The zero-order valence-corrected chi connectivity index (χ0v) is 20.8. The summed E-state index contributed by atoms with van der Waals surface area (Å²) in [6.07, 6.45) is 1.08. The first-order chi connectivity index (χ1) is 16.4. The van der Waals surface area contributed by atoms with Crippen LogP contribution in [0.4, 0.5) is 5.69 Å². The van der Waals surface area contributed by atoms with Gasteiger partial charge in [0.2, 0.25) is 5.91 Å². The maximum absolute atomic E-state index is 13.7. The van der Waals surface area contributed by atoms with Gasteiger partial charge in [-0.15, -0.1) is 0 Å². The van der Waals surface area contributed by atoms with E-state index in [1.165, 1.54) is 4.57 Å². The number of aromatic nitrogens is 2. The largest absolute Gasteiger partial charge is 0.370 e.